The predicted octanol–water partition coefficient (Wildman–Crippen LogP) is 4.15. The third-order valence-electron chi connectivity index (χ3n) is 9.50. The molecule has 1 spiro atoms. The van der Waals surface area contributed by atoms with Crippen LogP contribution < -0.4 is 4.90 Å². The van der Waals surface area contributed by atoms with Crippen LogP contribution >= 0.6 is 0 Å². The van der Waals surface area contributed by atoms with E-state index < -0.39 is 17.9 Å². The molecule has 1 aromatic carbocycles. The second-order valence-corrected chi connectivity index (χ2v) is 12.0. The zero-order valence-corrected chi connectivity index (χ0v) is 24.7. The normalized spacial score (nSPS) is 19.4. The highest BCUT2D eigenvalue weighted by atomic mass is 16.5. The lowest BCUT2D eigenvalue weighted by molar-refractivity contribution is -0.125. The Kier molecular flexibility index (Phi) is 5.44. The topological polar surface area (TPSA) is 121 Å². The maximum Gasteiger partial charge on any atom is 0.237 e. The summed E-state index contributed by atoms with van der Waals surface area (Å²) in [5.41, 5.74) is 5.00. The quantitative estimate of drug-likeness (QED) is 0.320. The van der Waals surface area contributed by atoms with Crippen LogP contribution in [0.2, 0.25) is 0 Å². The number of aromatic amines is 1. The first-order chi connectivity index (χ1) is 21.9. The SMILES string of the molecule is [2H]C([2H])([2H])n1ncc2cc(-c3c(-c4cnn(C)c4)[nH]c4ncc5c(c34)C3(CCN([C@](C)(CC#N)COC)CC3)C(=O)N5C)ccc21. The molecule has 1 atom stereocenters. The molecule has 0 saturated carbocycles. The third-order valence-corrected chi connectivity index (χ3v) is 9.50. The molecule has 4 aromatic heterocycles. The molecule has 220 valence electrons. The predicted molar refractivity (Wildman–Crippen MR) is 164 cm³/mol. The van der Waals surface area contributed by atoms with Crippen molar-refractivity contribution in [2.45, 2.75) is 37.1 Å². The number of H-pyrrole nitrogens is 1. The molecule has 0 aliphatic carbocycles. The van der Waals surface area contributed by atoms with Crippen molar-refractivity contribution in [3.63, 3.8) is 0 Å². The van der Waals surface area contributed by atoms with Gasteiger partial charge in [-0.15, -0.1) is 0 Å². The van der Waals surface area contributed by atoms with Crippen molar-refractivity contribution in [1.29, 1.82) is 5.26 Å². The maximum atomic E-state index is 14.3. The molecule has 0 radical (unpaired) electrons. The summed E-state index contributed by atoms with van der Waals surface area (Å²) in [6.45, 7) is 1.31. The van der Waals surface area contributed by atoms with Crippen molar-refractivity contribution in [2.24, 2.45) is 14.0 Å². The van der Waals surface area contributed by atoms with E-state index in [2.05, 4.69) is 26.2 Å². The molecule has 0 unspecified atom stereocenters. The number of nitrogens with zero attached hydrogens (tertiary/aromatic N) is 8. The Bertz CT molecular complexity index is 2040. The number of carbonyl (C=O) groups excluding carboxylic acids is 1. The minimum atomic E-state index is -2.41. The van der Waals surface area contributed by atoms with Crippen LogP contribution in [0.25, 0.3) is 44.3 Å². The third kappa shape index (κ3) is 3.93. The first-order valence-electron chi connectivity index (χ1n) is 15.8. The monoisotopic (exact) mass is 580 g/mol. The molecular weight excluding hydrogens is 542 g/mol. The Morgan fingerprint density at radius 1 is 1.19 bits per heavy atom. The fraction of sp³-hybridized carbons (Fsp3) is 0.406. The number of amides is 1. The van der Waals surface area contributed by atoms with Crippen LogP contribution in [0.1, 0.15) is 35.9 Å². The molecular formula is C32H35N9O2. The number of likely N-dealkylation sites (tertiary alicyclic amines) is 1. The average molecular weight is 581 g/mol. The standard InChI is InChI=1S/C32H35N9O2/c1-31(8-11-33,19-43-5)41-12-9-32(10-13-41)27-24(39(3)30(32)42)17-34-29-26(27)25(28(37-29)22-16-35-38(2)18-22)20-6-7-23-21(14-20)15-36-40(23)4/h6-7,14-18H,8-10,12-13,19H2,1-5H3,(H,34,37)/t31-/m1/s1/i4D3. The number of methoxy groups -OCH3 is 1. The largest absolute Gasteiger partial charge is 0.383 e. The van der Waals surface area contributed by atoms with Gasteiger partial charge in [0.25, 0.3) is 0 Å². The number of benzene rings is 1. The van der Waals surface area contributed by atoms with E-state index in [-0.39, 0.29) is 5.91 Å². The number of fused-ring (bicyclic) bond motifs is 5. The number of anilines is 1. The summed E-state index contributed by atoms with van der Waals surface area (Å²) in [5.74, 6) is 0.0367. The Balaban J connectivity index is 1.44. The van der Waals surface area contributed by atoms with Crippen LogP contribution in [0, 0.1) is 11.3 Å². The van der Waals surface area contributed by atoms with Crippen molar-refractivity contribution in [2.75, 3.05) is 38.8 Å². The van der Waals surface area contributed by atoms with Crippen molar-refractivity contribution in [3.8, 4) is 28.5 Å². The fourth-order valence-corrected chi connectivity index (χ4v) is 7.29. The summed E-state index contributed by atoms with van der Waals surface area (Å²) in [7, 11) is 5.32. The smallest absolute Gasteiger partial charge is 0.237 e. The van der Waals surface area contributed by atoms with E-state index in [1.165, 1.54) is 0 Å². The highest BCUT2D eigenvalue weighted by Crippen LogP contribution is 2.54. The number of piperidine rings is 1. The number of pyridine rings is 1. The highest BCUT2D eigenvalue weighted by molar-refractivity contribution is 6.16. The van der Waals surface area contributed by atoms with Gasteiger partial charge in [0.1, 0.15) is 5.65 Å². The number of hydrogen-bond donors (Lipinski definition) is 1. The van der Waals surface area contributed by atoms with Crippen molar-refractivity contribution in [3.05, 3.63) is 48.5 Å². The van der Waals surface area contributed by atoms with E-state index >= 15 is 0 Å². The molecule has 1 amide bonds. The second-order valence-electron chi connectivity index (χ2n) is 12.0. The van der Waals surface area contributed by atoms with Crippen molar-refractivity contribution < 1.29 is 13.6 Å². The van der Waals surface area contributed by atoms with Gasteiger partial charge < -0.3 is 14.6 Å². The van der Waals surface area contributed by atoms with Crippen LogP contribution in [-0.2, 0) is 29.0 Å². The van der Waals surface area contributed by atoms with Gasteiger partial charge in [0.2, 0.25) is 5.91 Å². The van der Waals surface area contributed by atoms with Crippen LogP contribution in [0.4, 0.5) is 5.69 Å². The Hall–Kier alpha value is -4.53. The lowest BCUT2D eigenvalue weighted by Gasteiger charge is -2.46. The number of likely N-dealkylation sites (N-methyl/N-ethyl adjacent to an activating group) is 1. The first-order valence-corrected chi connectivity index (χ1v) is 14.3. The van der Waals surface area contributed by atoms with E-state index in [1.807, 2.05) is 39.3 Å². The van der Waals surface area contributed by atoms with Crippen LogP contribution in [0.3, 0.4) is 0 Å². The molecule has 6 heterocycles. The number of carbonyl (C=O) groups is 1. The lowest BCUT2D eigenvalue weighted by atomic mass is 9.71. The Morgan fingerprint density at radius 3 is 2.70 bits per heavy atom. The highest BCUT2D eigenvalue weighted by Gasteiger charge is 2.54. The van der Waals surface area contributed by atoms with E-state index in [1.54, 1.807) is 41.3 Å². The fourth-order valence-electron chi connectivity index (χ4n) is 7.29. The lowest BCUT2D eigenvalue weighted by Crippen LogP contribution is -2.56. The molecule has 11 nitrogen and oxygen atoms in total. The van der Waals surface area contributed by atoms with Crippen molar-refractivity contribution in [1.82, 2.24) is 34.4 Å². The maximum absolute atomic E-state index is 14.3. The van der Waals surface area contributed by atoms with Crippen LogP contribution in [0.5, 0.6) is 0 Å². The zero-order chi connectivity index (χ0) is 32.6. The number of aromatic nitrogens is 6. The number of nitriles is 1. The second kappa shape index (κ2) is 9.76. The molecule has 43 heavy (non-hydrogen) atoms. The number of rotatable bonds is 6. The summed E-state index contributed by atoms with van der Waals surface area (Å²) >= 11 is 0. The molecule has 1 saturated heterocycles. The summed E-state index contributed by atoms with van der Waals surface area (Å²) in [4.78, 5) is 26.7. The van der Waals surface area contributed by atoms with Gasteiger partial charge in [-0.3, -0.25) is 19.1 Å². The van der Waals surface area contributed by atoms with E-state index in [0.29, 0.717) is 55.5 Å². The number of ether oxygens (including phenoxy) is 1. The molecule has 1 fully saturated rings. The molecule has 7 rings (SSSR count). The zero-order valence-electron chi connectivity index (χ0n) is 27.7. The minimum absolute atomic E-state index is 0.0367. The Labute approximate surface area is 253 Å². The minimum Gasteiger partial charge on any atom is -0.383 e. The van der Waals surface area contributed by atoms with Gasteiger partial charge in [0.05, 0.1) is 65.5 Å². The summed E-state index contributed by atoms with van der Waals surface area (Å²) in [5, 5.41) is 19.7. The Morgan fingerprint density at radius 2 is 2.00 bits per heavy atom. The molecule has 2 aliphatic rings. The van der Waals surface area contributed by atoms with Gasteiger partial charge >= 0.3 is 0 Å². The van der Waals surface area contributed by atoms with Crippen molar-refractivity contribution >= 4 is 33.5 Å². The number of hydrogen-bond acceptors (Lipinski definition) is 7. The van der Waals surface area contributed by atoms with E-state index in [0.717, 1.165) is 43.7 Å². The average Bonchev–Trinajstić information content (AvgIpc) is 3.78. The van der Waals surface area contributed by atoms with Gasteiger partial charge in [-0.25, -0.2) is 4.98 Å². The van der Waals surface area contributed by atoms with Gasteiger partial charge in [-0.1, -0.05) is 6.07 Å². The van der Waals surface area contributed by atoms with Crippen LogP contribution in [0.15, 0.2) is 43.0 Å². The molecule has 5 aromatic rings. The molecule has 2 aliphatic heterocycles. The number of aryl methyl sites for hydroxylation is 2. The van der Waals surface area contributed by atoms with Gasteiger partial charge in [-0.2, -0.15) is 15.5 Å². The molecule has 0 bridgehead atoms. The number of nitrogens with one attached hydrogen (secondary N) is 1. The van der Waals surface area contributed by atoms with Gasteiger partial charge in [-0.05, 0) is 37.5 Å². The van der Waals surface area contributed by atoms with Gasteiger partial charge in [0, 0.05) is 79.0 Å². The van der Waals surface area contributed by atoms with E-state index in [4.69, 9.17) is 13.8 Å². The van der Waals surface area contributed by atoms with Crippen LogP contribution in [-0.4, -0.2) is 79.7 Å². The van der Waals surface area contributed by atoms with Gasteiger partial charge in [0.15, 0.2) is 0 Å². The summed E-state index contributed by atoms with van der Waals surface area (Å²) < 4.78 is 32.0. The van der Waals surface area contributed by atoms with E-state index in [9.17, 15) is 10.1 Å². The summed E-state index contributed by atoms with van der Waals surface area (Å²) in [6.07, 6.45) is 8.53. The first kappa shape index (κ1) is 24.0. The molecule has 1 N–H and O–H groups in total. The molecule has 11 heteroatoms. The summed E-state index contributed by atoms with van der Waals surface area (Å²) in [6, 6.07) is 7.95.